The van der Waals surface area contributed by atoms with E-state index in [0.29, 0.717) is 28.3 Å². The maximum absolute atomic E-state index is 12.2. The third-order valence-electron chi connectivity index (χ3n) is 3.90. The van der Waals surface area contributed by atoms with E-state index in [9.17, 15) is 10.1 Å². The minimum atomic E-state index is -0.515. The third-order valence-corrected chi connectivity index (χ3v) is 4.23. The van der Waals surface area contributed by atoms with Gasteiger partial charge in [-0.15, -0.1) is 0 Å². The van der Waals surface area contributed by atoms with Gasteiger partial charge < -0.3 is 9.73 Å². The molecule has 1 amide bonds. The number of carbonyl (C=O) groups is 1. The van der Waals surface area contributed by atoms with E-state index in [-0.39, 0.29) is 5.57 Å². The molecule has 0 saturated heterocycles. The number of furan rings is 1. The number of hydrogen-bond donors (Lipinski definition) is 1. The van der Waals surface area contributed by atoms with E-state index in [1.807, 2.05) is 12.1 Å². The largest absolute Gasteiger partial charge is 0.461 e. The molecule has 2 atom stereocenters. The number of para-hydroxylation sites is 1. The molecule has 1 aliphatic rings. The molecule has 1 heterocycles. The number of nitrogens with one attached hydrogen (secondary N) is 1. The maximum Gasteiger partial charge on any atom is 0.266 e. The summed E-state index contributed by atoms with van der Waals surface area (Å²) in [5.41, 5.74) is 0.432. The van der Waals surface area contributed by atoms with Crippen LogP contribution in [0.1, 0.15) is 30.8 Å². The Hall–Kier alpha value is -2.51. The smallest absolute Gasteiger partial charge is 0.266 e. The summed E-state index contributed by atoms with van der Waals surface area (Å²) in [6, 6.07) is 12.4. The molecule has 1 saturated carbocycles. The molecular weight excluding hydrogens is 312 g/mol. The summed E-state index contributed by atoms with van der Waals surface area (Å²) >= 11 is 6.00. The van der Waals surface area contributed by atoms with Crippen molar-refractivity contribution in [1.29, 1.82) is 5.26 Å². The van der Waals surface area contributed by atoms with Crippen LogP contribution in [-0.4, -0.2) is 5.91 Å². The lowest BCUT2D eigenvalue weighted by Gasteiger charge is -2.05. The van der Waals surface area contributed by atoms with Crippen LogP contribution in [0, 0.1) is 17.2 Å². The molecule has 3 rings (SSSR count). The van der Waals surface area contributed by atoms with Crippen molar-refractivity contribution in [2.24, 2.45) is 5.92 Å². The monoisotopic (exact) mass is 326 g/mol. The van der Waals surface area contributed by atoms with Crippen LogP contribution in [0.25, 0.3) is 6.08 Å². The number of amides is 1. The van der Waals surface area contributed by atoms with Crippen molar-refractivity contribution < 1.29 is 9.21 Å². The molecule has 23 heavy (non-hydrogen) atoms. The fraction of sp³-hybridized carbons (Fsp3) is 0.222. The molecule has 5 heteroatoms. The van der Waals surface area contributed by atoms with Crippen molar-refractivity contribution in [1.82, 2.24) is 0 Å². The first-order valence-corrected chi connectivity index (χ1v) is 7.73. The zero-order valence-corrected chi connectivity index (χ0v) is 13.3. The standard InChI is InChI=1S/C18H15ClN2O2/c1-11-8-14(11)17-7-6-13(23-17)9-12(10-20)18(22)21-16-5-3-2-4-15(16)19/h2-7,9,11,14H,8H2,1H3,(H,21,22)/b12-9-/t11-,14-/m1/s1. The average Bonchev–Trinajstić information content (AvgIpc) is 3.09. The Balaban J connectivity index is 1.76. The zero-order valence-electron chi connectivity index (χ0n) is 12.5. The Kier molecular flexibility index (Phi) is 4.22. The van der Waals surface area contributed by atoms with Gasteiger partial charge in [-0.05, 0) is 36.6 Å². The fourth-order valence-corrected chi connectivity index (χ4v) is 2.59. The molecule has 1 fully saturated rings. The first-order valence-electron chi connectivity index (χ1n) is 7.36. The van der Waals surface area contributed by atoms with Gasteiger partial charge in [0.05, 0.1) is 10.7 Å². The van der Waals surface area contributed by atoms with Crippen LogP contribution >= 0.6 is 11.6 Å². The van der Waals surface area contributed by atoms with Gasteiger partial charge in [-0.1, -0.05) is 30.7 Å². The average molecular weight is 327 g/mol. The Morgan fingerprint density at radius 3 is 2.78 bits per heavy atom. The highest BCUT2D eigenvalue weighted by molar-refractivity contribution is 6.34. The number of hydrogen-bond acceptors (Lipinski definition) is 3. The van der Waals surface area contributed by atoms with Crippen molar-refractivity contribution in [3.05, 3.63) is 58.5 Å². The van der Waals surface area contributed by atoms with E-state index in [1.54, 1.807) is 30.3 Å². The minimum absolute atomic E-state index is 0.0327. The van der Waals surface area contributed by atoms with Crippen LogP contribution in [0.15, 0.2) is 46.4 Å². The molecule has 4 nitrogen and oxygen atoms in total. The molecule has 1 N–H and O–H groups in total. The van der Waals surface area contributed by atoms with Gasteiger partial charge in [-0.3, -0.25) is 4.79 Å². The summed E-state index contributed by atoms with van der Waals surface area (Å²) in [6.45, 7) is 2.17. The fourth-order valence-electron chi connectivity index (χ4n) is 2.41. The van der Waals surface area contributed by atoms with Gasteiger partial charge in [0.25, 0.3) is 5.91 Å². The summed E-state index contributed by atoms with van der Waals surface area (Å²) < 4.78 is 5.70. The highest BCUT2D eigenvalue weighted by Crippen LogP contribution is 2.47. The molecule has 1 aromatic carbocycles. The first kappa shape index (κ1) is 15.4. The van der Waals surface area contributed by atoms with Gasteiger partial charge in [0.15, 0.2) is 0 Å². The lowest BCUT2D eigenvalue weighted by molar-refractivity contribution is -0.112. The second kappa shape index (κ2) is 6.31. The van der Waals surface area contributed by atoms with Crippen molar-refractivity contribution in [2.45, 2.75) is 19.3 Å². The van der Waals surface area contributed by atoms with E-state index >= 15 is 0 Å². The van der Waals surface area contributed by atoms with Crippen LogP contribution in [0.4, 0.5) is 5.69 Å². The zero-order chi connectivity index (χ0) is 16.4. The SMILES string of the molecule is C[C@@H]1C[C@H]1c1ccc(/C=C(/C#N)C(=O)Nc2ccccc2Cl)o1. The molecule has 0 bridgehead atoms. The van der Waals surface area contributed by atoms with E-state index in [1.165, 1.54) is 6.08 Å². The summed E-state index contributed by atoms with van der Waals surface area (Å²) in [6.07, 6.45) is 2.57. The van der Waals surface area contributed by atoms with Crippen LogP contribution in [0.5, 0.6) is 0 Å². The molecule has 0 aliphatic heterocycles. The van der Waals surface area contributed by atoms with Crippen LogP contribution in [-0.2, 0) is 4.79 Å². The third kappa shape index (κ3) is 3.46. The minimum Gasteiger partial charge on any atom is -0.461 e. The van der Waals surface area contributed by atoms with Crippen molar-refractivity contribution >= 4 is 29.3 Å². The highest BCUT2D eigenvalue weighted by atomic mass is 35.5. The van der Waals surface area contributed by atoms with Gasteiger partial charge in [-0.25, -0.2) is 0 Å². The Bertz CT molecular complexity index is 816. The van der Waals surface area contributed by atoms with Gasteiger partial charge in [0.1, 0.15) is 23.2 Å². The predicted molar refractivity (Wildman–Crippen MR) is 88.9 cm³/mol. The van der Waals surface area contributed by atoms with Crippen LogP contribution in [0.2, 0.25) is 5.02 Å². The number of benzene rings is 1. The normalized spacial score (nSPS) is 20.0. The van der Waals surface area contributed by atoms with E-state index in [4.69, 9.17) is 16.0 Å². The molecular formula is C18H15ClN2O2. The summed E-state index contributed by atoms with van der Waals surface area (Å²) in [5.74, 6) is 1.99. The second-order valence-corrected chi connectivity index (χ2v) is 6.07. The van der Waals surface area contributed by atoms with E-state index in [2.05, 4.69) is 12.2 Å². The van der Waals surface area contributed by atoms with Gasteiger partial charge >= 0.3 is 0 Å². The van der Waals surface area contributed by atoms with Gasteiger partial charge in [0.2, 0.25) is 0 Å². The van der Waals surface area contributed by atoms with Crippen LogP contribution in [0.3, 0.4) is 0 Å². The lowest BCUT2D eigenvalue weighted by atomic mass is 10.2. The molecule has 1 aromatic heterocycles. The molecule has 0 radical (unpaired) electrons. The van der Waals surface area contributed by atoms with Crippen molar-refractivity contribution in [3.8, 4) is 6.07 Å². The number of nitriles is 1. The summed E-state index contributed by atoms with van der Waals surface area (Å²) in [4.78, 5) is 12.2. The Morgan fingerprint density at radius 2 is 2.13 bits per heavy atom. The van der Waals surface area contributed by atoms with E-state index in [0.717, 1.165) is 12.2 Å². The first-order chi connectivity index (χ1) is 11.1. The topological polar surface area (TPSA) is 66.0 Å². The molecule has 116 valence electrons. The van der Waals surface area contributed by atoms with E-state index < -0.39 is 5.91 Å². The number of anilines is 1. The second-order valence-electron chi connectivity index (χ2n) is 5.66. The Morgan fingerprint density at radius 1 is 1.39 bits per heavy atom. The van der Waals surface area contributed by atoms with Gasteiger partial charge in [-0.2, -0.15) is 5.26 Å². The quantitative estimate of drug-likeness (QED) is 0.659. The van der Waals surface area contributed by atoms with Crippen molar-refractivity contribution in [2.75, 3.05) is 5.32 Å². The molecule has 1 aliphatic carbocycles. The number of nitrogens with zero attached hydrogens (tertiary/aromatic N) is 1. The molecule has 0 unspecified atom stereocenters. The predicted octanol–water partition coefficient (Wildman–Crippen LogP) is 4.60. The molecule has 2 aromatic rings. The van der Waals surface area contributed by atoms with Crippen LogP contribution < -0.4 is 5.32 Å². The van der Waals surface area contributed by atoms with Crippen molar-refractivity contribution in [3.63, 3.8) is 0 Å². The number of halogens is 1. The number of carbonyl (C=O) groups excluding carboxylic acids is 1. The highest BCUT2D eigenvalue weighted by Gasteiger charge is 2.36. The summed E-state index contributed by atoms with van der Waals surface area (Å²) in [5, 5.41) is 12.3. The summed E-state index contributed by atoms with van der Waals surface area (Å²) in [7, 11) is 0. The maximum atomic E-state index is 12.2. The molecule has 0 spiro atoms. The Labute approximate surface area is 139 Å². The number of rotatable bonds is 4. The van der Waals surface area contributed by atoms with Gasteiger partial charge in [0, 0.05) is 12.0 Å². The lowest BCUT2D eigenvalue weighted by Crippen LogP contribution is -2.13.